The Hall–Kier alpha value is -1.91. The number of aryl methyl sites for hydroxylation is 1. The molecule has 2 amide bonds. The number of amides is 2. The van der Waals surface area contributed by atoms with Crippen LogP contribution in [0.25, 0.3) is 0 Å². The van der Waals surface area contributed by atoms with Crippen LogP contribution in [0.3, 0.4) is 0 Å². The van der Waals surface area contributed by atoms with Crippen molar-refractivity contribution in [1.82, 2.24) is 19.2 Å². The van der Waals surface area contributed by atoms with Crippen LogP contribution in [0.1, 0.15) is 18.7 Å². The maximum Gasteiger partial charge on any atom is 0.471 e. The van der Waals surface area contributed by atoms with Gasteiger partial charge in [-0.1, -0.05) is 0 Å². The van der Waals surface area contributed by atoms with E-state index >= 15 is 0 Å². The lowest BCUT2D eigenvalue weighted by Gasteiger charge is -2.37. The summed E-state index contributed by atoms with van der Waals surface area (Å²) in [5.41, 5.74) is 0. The van der Waals surface area contributed by atoms with Gasteiger partial charge in [-0.15, -0.1) is 0 Å². The Bertz CT molecular complexity index is 657. The quantitative estimate of drug-likeness (QED) is 0.771. The molecule has 0 saturated carbocycles. The molecule has 138 valence electrons. The summed E-state index contributed by atoms with van der Waals surface area (Å²) in [7, 11) is 0. The smallest absolute Gasteiger partial charge is 0.343 e. The fraction of sp³-hybridized carbons (Fsp3) is 0.714. The largest absolute Gasteiger partial charge is 0.471 e. The van der Waals surface area contributed by atoms with Crippen LogP contribution in [0, 0.1) is 6.92 Å². The molecule has 3 heterocycles. The lowest BCUT2D eigenvalue weighted by molar-refractivity contribution is -0.187. The first-order valence-corrected chi connectivity index (χ1v) is 8.76. The predicted molar refractivity (Wildman–Crippen MR) is 84.2 cm³/mol. The molecule has 7 nitrogen and oxygen atoms in total. The summed E-state index contributed by atoms with van der Waals surface area (Å²) in [4.78, 5) is 32.6. The molecule has 2 aliphatic heterocycles. The fourth-order valence-electron chi connectivity index (χ4n) is 3.17. The molecule has 0 unspecified atom stereocenters. The van der Waals surface area contributed by atoms with E-state index in [4.69, 9.17) is 0 Å². The summed E-state index contributed by atoms with van der Waals surface area (Å²) < 4.78 is 42.2. The van der Waals surface area contributed by atoms with Gasteiger partial charge in [0.2, 0.25) is 11.0 Å². The van der Waals surface area contributed by atoms with Crippen molar-refractivity contribution in [3.63, 3.8) is 0 Å². The molecule has 0 aliphatic carbocycles. The van der Waals surface area contributed by atoms with Crippen molar-refractivity contribution in [1.29, 1.82) is 0 Å². The van der Waals surface area contributed by atoms with Gasteiger partial charge in [0.15, 0.2) is 0 Å². The van der Waals surface area contributed by atoms with Crippen molar-refractivity contribution in [3.8, 4) is 0 Å². The zero-order valence-corrected chi connectivity index (χ0v) is 14.4. The molecule has 0 radical (unpaired) electrons. The maximum atomic E-state index is 12.7. The molecule has 1 atom stereocenters. The zero-order chi connectivity index (χ0) is 18.2. The number of nitrogens with zero attached hydrogens (tertiary/aromatic N) is 5. The summed E-state index contributed by atoms with van der Waals surface area (Å²) in [6.45, 7) is 3.63. The average molecular weight is 377 g/mol. The summed E-state index contributed by atoms with van der Waals surface area (Å²) >= 11 is 1.28. The van der Waals surface area contributed by atoms with Gasteiger partial charge in [0, 0.05) is 44.3 Å². The van der Waals surface area contributed by atoms with E-state index in [9.17, 15) is 22.8 Å². The van der Waals surface area contributed by atoms with E-state index in [1.54, 1.807) is 6.92 Å². The van der Waals surface area contributed by atoms with E-state index in [0.717, 1.165) is 5.13 Å². The number of rotatable bonds is 2. The van der Waals surface area contributed by atoms with E-state index in [0.29, 0.717) is 43.3 Å². The second-order valence-electron chi connectivity index (χ2n) is 6.09. The van der Waals surface area contributed by atoms with E-state index in [1.165, 1.54) is 16.4 Å². The van der Waals surface area contributed by atoms with Crippen LogP contribution >= 0.6 is 11.5 Å². The highest BCUT2D eigenvalue weighted by Crippen LogP contribution is 2.27. The molecule has 0 N–H and O–H groups in total. The minimum Gasteiger partial charge on any atom is -0.343 e. The Morgan fingerprint density at radius 2 is 1.84 bits per heavy atom. The van der Waals surface area contributed by atoms with Gasteiger partial charge in [0.1, 0.15) is 11.9 Å². The molecule has 1 aromatic rings. The highest BCUT2D eigenvalue weighted by Gasteiger charge is 2.48. The minimum absolute atomic E-state index is 0.0290. The van der Waals surface area contributed by atoms with Crippen molar-refractivity contribution in [2.45, 2.75) is 32.0 Å². The Kier molecular flexibility index (Phi) is 4.85. The van der Waals surface area contributed by atoms with Crippen LogP contribution in [0.5, 0.6) is 0 Å². The van der Waals surface area contributed by atoms with E-state index < -0.39 is 24.0 Å². The number of hydrogen-bond donors (Lipinski definition) is 0. The number of likely N-dealkylation sites (tertiary alicyclic amines) is 1. The average Bonchev–Trinajstić information content (AvgIpc) is 3.21. The normalized spacial score (nSPS) is 21.8. The van der Waals surface area contributed by atoms with Gasteiger partial charge in [-0.3, -0.25) is 9.59 Å². The monoisotopic (exact) mass is 377 g/mol. The number of hydrogen-bond acceptors (Lipinski definition) is 6. The Balaban J connectivity index is 1.61. The lowest BCUT2D eigenvalue weighted by Crippen LogP contribution is -2.55. The molecular formula is C14H18F3N5O2S. The highest BCUT2D eigenvalue weighted by molar-refractivity contribution is 7.09. The van der Waals surface area contributed by atoms with Gasteiger partial charge in [0.05, 0.1) is 0 Å². The van der Waals surface area contributed by atoms with E-state index in [2.05, 4.69) is 9.36 Å². The molecule has 2 saturated heterocycles. The first kappa shape index (κ1) is 17.9. The van der Waals surface area contributed by atoms with Crippen LogP contribution in [0.15, 0.2) is 0 Å². The molecule has 3 rings (SSSR count). The number of halogens is 3. The van der Waals surface area contributed by atoms with E-state index in [-0.39, 0.29) is 13.0 Å². The molecule has 11 heteroatoms. The maximum absolute atomic E-state index is 12.7. The fourth-order valence-corrected chi connectivity index (χ4v) is 3.90. The second kappa shape index (κ2) is 6.77. The number of carbonyl (C=O) groups is 2. The molecular weight excluding hydrogens is 359 g/mol. The topological polar surface area (TPSA) is 69.6 Å². The van der Waals surface area contributed by atoms with Crippen LogP contribution in [0.2, 0.25) is 0 Å². The van der Waals surface area contributed by atoms with Gasteiger partial charge in [0.25, 0.3) is 0 Å². The molecule has 1 aromatic heterocycles. The molecule has 0 spiro atoms. The van der Waals surface area contributed by atoms with Crippen LogP contribution in [-0.4, -0.2) is 75.9 Å². The Morgan fingerprint density at radius 1 is 1.16 bits per heavy atom. The zero-order valence-electron chi connectivity index (χ0n) is 13.6. The van der Waals surface area contributed by atoms with Crippen molar-refractivity contribution >= 4 is 28.5 Å². The van der Waals surface area contributed by atoms with E-state index in [1.807, 2.05) is 4.90 Å². The van der Waals surface area contributed by atoms with Crippen LogP contribution in [-0.2, 0) is 9.59 Å². The first-order valence-electron chi connectivity index (χ1n) is 7.99. The number of carbonyl (C=O) groups excluding carboxylic acids is 2. The van der Waals surface area contributed by atoms with Gasteiger partial charge in [-0.2, -0.15) is 17.5 Å². The second-order valence-corrected chi connectivity index (χ2v) is 6.82. The van der Waals surface area contributed by atoms with Crippen molar-refractivity contribution < 1.29 is 22.8 Å². The standard InChI is InChI=1S/C14H18F3N5O2S/c1-9-18-13(25-19-9)21-7-5-20(6-8-21)11(23)10-3-2-4-22(10)12(24)14(15,16)17/h10H,2-8H2,1H3/t10-/m0/s1. The summed E-state index contributed by atoms with van der Waals surface area (Å²) in [6, 6.07) is -1.01. The Labute approximate surface area is 146 Å². The van der Waals surface area contributed by atoms with Crippen molar-refractivity contribution in [3.05, 3.63) is 5.82 Å². The third-order valence-corrected chi connectivity index (χ3v) is 5.29. The third-order valence-electron chi connectivity index (χ3n) is 4.42. The SMILES string of the molecule is Cc1nsc(N2CCN(C(=O)[C@@H]3CCCN3C(=O)C(F)(F)F)CC2)n1. The molecule has 25 heavy (non-hydrogen) atoms. The minimum atomic E-state index is -4.95. The highest BCUT2D eigenvalue weighted by atomic mass is 32.1. The van der Waals surface area contributed by atoms with Gasteiger partial charge >= 0.3 is 12.1 Å². The summed E-state index contributed by atoms with van der Waals surface area (Å²) in [5, 5.41) is 0.777. The molecule has 0 bridgehead atoms. The first-order chi connectivity index (χ1) is 11.8. The third kappa shape index (κ3) is 3.70. The van der Waals surface area contributed by atoms with Crippen molar-refractivity contribution in [2.24, 2.45) is 0 Å². The predicted octanol–water partition coefficient (Wildman–Crippen LogP) is 1.05. The van der Waals surface area contributed by atoms with Gasteiger partial charge < -0.3 is 14.7 Å². The van der Waals surface area contributed by atoms with Crippen molar-refractivity contribution in [2.75, 3.05) is 37.6 Å². The number of alkyl halides is 3. The molecule has 0 aromatic carbocycles. The summed E-state index contributed by atoms with van der Waals surface area (Å²) in [6.07, 6.45) is -4.27. The van der Waals surface area contributed by atoms with Gasteiger partial charge in [-0.05, 0) is 19.8 Å². The van der Waals surface area contributed by atoms with Gasteiger partial charge in [-0.25, -0.2) is 4.98 Å². The number of anilines is 1. The summed E-state index contributed by atoms with van der Waals surface area (Å²) in [5.74, 6) is -1.64. The number of aromatic nitrogens is 2. The Morgan fingerprint density at radius 3 is 2.40 bits per heavy atom. The number of piperazine rings is 1. The molecule has 2 aliphatic rings. The lowest BCUT2D eigenvalue weighted by atomic mass is 10.1. The van der Waals surface area contributed by atoms with Crippen LogP contribution in [0.4, 0.5) is 18.3 Å². The molecule has 2 fully saturated rings. The van der Waals surface area contributed by atoms with Crippen LogP contribution < -0.4 is 4.90 Å².